The molecule has 0 saturated heterocycles. The summed E-state index contributed by atoms with van der Waals surface area (Å²) in [6, 6.07) is 9.02. The van der Waals surface area contributed by atoms with E-state index < -0.39 is 0 Å². The van der Waals surface area contributed by atoms with E-state index in [2.05, 4.69) is 27.1 Å². The highest BCUT2D eigenvalue weighted by Gasteiger charge is 2.16. The molecular weight excluding hydrogens is 378 g/mol. The number of pyridine rings is 1. The van der Waals surface area contributed by atoms with E-state index in [4.69, 9.17) is 9.47 Å². The number of rotatable bonds is 7. The number of allylic oxidation sites excluding steroid dienone is 1. The Bertz CT molecular complexity index is 1010. The van der Waals surface area contributed by atoms with Crippen molar-refractivity contribution in [3.8, 4) is 22.9 Å². The molecule has 4 rings (SSSR count). The van der Waals surface area contributed by atoms with Crippen molar-refractivity contribution in [2.24, 2.45) is 0 Å². The van der Waals surface area contributed by atoms with Crippen LogP contribution in [0.15, 0.2) is 60.5 Å². The minimum atomic E-state index is -0.150. The van der Waals surface area contributed by atoms with Crippen LogP contribution in [0.4, 0.5) is 5.69 Å². The summed E-state index contributed by atoms with van der Waals surface area (Å²) in [5.74, 6) is 2.05. The summed E-state index contributed by atoms with van der Waals surface area (Å²) in [5, 5.41) is 12.0. The SMILES string of the molecule is C=CCn1c(SCC(=O)Nc2ccc3c(c2)OCO3)nnc1-c1ccncc1. The van der Waals surface area contributed by atoms with E-state index in [9.17, 15) is 4.79 Å². The minimum Gasteiger partial charge on any atom is -0.454 e. The topological polar surface area (TPSA) is 91.2 Å². The number of carbonyl (C=O) groups is 1. The van der Waals surface area contributed by atoms with Gasteiger partial charge in [0.2, 0.25) is 12.7 Å². The molecule has 1 aliphatic rings. The number of carbonyl (C=O) groups excluding carboxylic acids is 1. The zero-order valence-corrected chi connectivity index (χ0v) is 15.7. The van der Waals surface area contributed by atoms with E-state index in [1.165, 1.54) is 11.8 Å². The standard InChI is InChI=1S/C19H17N5O3S/c1-2-9-24-18(13-5-7-20-8-6-13)22-23-19(24)28-11-17(25)21-14-3-4-15-16(10-14)27-12-26-15/h2-8,10H,1,9,11-12H2,(H,21,25). The Morgan fingerprint density at radius 2 is 2.04 bits per heavy atom. The Labute approximate surface area is 165 Å². The van der Waals surface area contributed by atoms with Crippen LogP contribution >= 0.6 is 11.8 Å². The number of benzene rings is 1. The van der Waals surface area contributed by atoms with Gasteiger partial charge >= 0.3 is 0 Å². The van der Waals surface area contributed by atoms with Gasteiger partial charge in [0, 0.05) is 36.3 Å². The molecule has 3 aromatic rings. The summed E-state index contributed by atoms with van der Waals surface area (Å²) >= 11 is 1.31. The summed E-state index contributed by atoms with van der Waals surface area (Å²) in [6.07, 6.45) is 5.17. The Morgan fingerprint density at radius 1 is 1.21 bits per heavy atom. The molecular formula is C19H17N5O3S. The van der Waals surface area contributed by atoms with Crippen LogP contribution in [0.2, 0.25) is 0 Å². The van der Waals surface area contributed by atoms with Crippen LogP contribution in [0.5, 0.6) is 11.5 Å². The number of amides is 1. The first-order valence-corrected chi connectivity index (χ1v) is 9.50. The molecule has 2 aromatic heterocycles. The molecule has 1 amide bonds. The van der Waals surface area contributed by atoms with E-state index in [1.54, 1.807) is 36.7 Å². The molecule has 0 atom stereocenters. The van der Waals surface area contributed by atoms with E-state index in [0.717, 1.165) is 5.56 Å². The monoisotopic (exact) mass is 395 g/mol. The molecule has 0 bridgehead atoms. The van der Waals surface area contributed by atoms with Crippen LogP contribution in [-0.2, 0) is 11.3 Å². The molecule has 28 heavy (non-hydrogen) atoms. The molecule has 8 nitrogen and oxygen atoms in total. The zero-order chi connectivity index (χ0) is 19.3. The van der Waals surface area contributed by atoms with Crippen LogP contribution < -0.4 is 14.8 Å². The number of thioether (sulfide) groups is 1. The highest BCUT2D eigenvalue weighted by molar-refractivity contribution is 7.99. The third kappa shape index (κ3) is 3.84. The van der Waals surface area contributed by atoms with E-state index >= 15 is 0 Å². The number of hydrogen-bond donors (Lipinski definition) is 1. The predicted octanol–water partition coefficient (Wildman–Crippen LogP) is 2.99. The zero-order valence-electron chi connectivity index (χ0n) is 14.9. The maximum Gasteiger partial charge on any atom is 0.234 e. The van der Waals surface area contributed by atoms with Gasteiger partial charge in [0.05, 0.1) is 5.75 Å². The smallest absolute Gasteiger partial charge is 0.234 e. The van der Waals surface area contributed by atoms with Crippen molar-refractivity contribution in [3.63, 3.8) is 0 Å². The van der Waals surface area contributed by atoms with Gasteiger partial charge in [0.15, 0.2) is 22.5 Å². The molecule has 0 saturated carbocycles. The van der Waals surface area contributed by atoms with Gasteiger partial charge < -0.3 is 14.8 Å². The Balaban J connectivity index is 1.43. The third-order valence-electron chi connectivity index (χ3n) is 3.96. The molecule has 0 radical (unpaired) electrons. The average molecular weight is 395 g/mol. The molecule has 3 heterocycles. The van der Waals surface area contributed by atoms with Crippen molar-refractivity contribution in [1.82, 2.24) is 19.7 Å². The predicted molar refractivity (Wildman–Crippen MR) is 105 cm³/mol. The number of aromatic nitrogens is 4. The van der Waals surface area contributed by atoms with Crippen molar-refractivity contribution in [1.29, 1.82) is 0 Å². The number of fused-ring (bicyclic) bond motifs is 1. The fraction of sp³-hybridized carbons (Fsp3) is 0.158. The first-order chi connectivity index (χ1) is 13.7. The second-order valence-corrected chi connectivity index (χ2v) is 6.79. The normalized spacial score (nSPS) is 12.0. The Morgan fingerprint density at radius 3 is 2.86 bits per heavy atom. The first kappa shape index (κ1) is 18.1. The largest absolute Gasteiger partial charge is 0.454 e. The molecule has 1 N–H and O–H groups in total. The molecule has 1 aliphatic heterocycles. The van der Waals surface area contributed by atoms with Gasteiger partial charge in [-0.05, 0) is 24.3 Å². The summed E-state index contributed by atoms with van der Waals surface area (Å²) in [6.45, 7) is 4.53. The number of anilines is 1. The van der Waals surface area contributed by atoms with Crippen LogP contribution in [0.25, 0.3) is 11.4 Å². The van der Waals surface area contributed by atoms with Crippen LogP contribution in [-0.4, -0.2) is 38.2 Å². The fourth-order valence-electron chi connectivity index (χ4n) is 2.71. The minimum absolute atomic E-state index is 0.150. The van der Waals surface area contributed by atoms with Crippen molar-refractivity contribution >= 4 is 23.4 Å². The van der Waals surface area contributed by atoms with Crippen LogP contribution in [0, 0.1) is 0 Å². The lowest BCUT2D eigenvalue weighted by molar-refractivity contribution is -0.113. The van der Waals surface area contributed by atoms with Crippen LogP contribution in [0.1, 0.15) is 0 Å². The highest BCUT2D eigenvalue weighted by Crippen LogP contribution is 2.34. The summed E-state index contributed by atoms with van der Waals surface area (Å²) < 4.78 is 12.5. The molecule has 0 spiro atoms. The fourth-order valence-corrected chi connectivity index (χ4v) is 3.45. The average Bonchev–Trinajstić information content (AvgIpc) is 3.34. The van der Waals surface area contributed by atoms with Gasteiger partial charge in [-0.3, -0.25) is 14.3 Å². The maximum absolute atomic E-state index is 12.3. The van der Waals surface area contributed by atoms with Gasteiger partial charge in [-0.15, -0.1) is 16.8 Å². The van der Waals surface area contributed by atoms with Gasteiger partial charge in [0.25, 0.3) is 0 Å². The number of ether oxygens (including phenoxy) is 2. The quantitative estimate of drug-likeness (QED) is 0.486. The maximum atomic E-state index is 12.3. The molecule has 1 aromatic carbocycles. The van der Waals surface area contributed by atoms with Crippen molar-refractivity contribution < 1.29 is 14.3 Å². The number of nitrogens with one attached hydrogen (secondary N) is 1. The van der Waals surface area contributed by atoms with Crippen molar-refractivity contribution in [2.45, 2.75) is 11.7 Å². The highest BCUT2D eigenvalue weighted by atomic mass is 32.2. The number of hydrogen-bond acceptors (Lipinski definition) is 7. The summed E-state index contributed by atoms with van der Waals surface area (Å²) in [4.78, 5) is 16.4. The van der Waals surface area contributed by atoms with E-state index in [1.807, 2.05) is 16.7 Å². The molecule has 0 fully saturated rings. The molecule has 0 aliphatic carbocycles. The first-order valence-electron chi connectivity index (χ1n) is 8.51. The van der Waals surface area contributed by atoms with E-state index in [0.29, 0.717) is 34.7 Å². The summed E-state index contributed by atoms with van der Waals surface area (Å²) in [7, 11) is 0. The second kappa shape index (κ2) is 8.13. The molecule has 0 unspecified atom stereocenters. The van der Waals surface area contributed by atoms with Gasteiger partial charge in [0.1, 0.15) is 0 Å². The van der Waals surface area contributed by atoms with Gasteiger partial charge in [-0.2, -0.15) is 0 Å². The second-order valence-electron chi connectivity index (χ2n) is 5.85. The van der Waals surface area contributed by atoms with Crippen molar-refractivity contribution in [2.75, 3.05) is 17.9 Å². The van der Waals surface area contributed by atoms with Crippen LogP contribution in [0.3, 0.4) is 0 Å². The number of nitrogens with zero attached hydrogens (tertiary/aromatic N) is 4. The third-order valence-corrected chi connectivity index (χ3v) is 4.92. The van der Waals surface area contributed by atoms with Gasteiger partial charge in [-0.25, -0.2) is 0 Å². The van der Waals surface area contributed by atoms with Gasteiger partial charge in [-0.1, -0.05) is 17.8 Å². The lowest BCUT2D eigenvalue weighted by Crippen LogP contribution is -2.14. The Kier molecular flexibility index (Phi) is 5.24. The van der Waals surface area contributed by atoms with Crippen molar-refractivity contribution in [3.05, 3.63) is 55.4 Å². The molecule has 142 valence electrons. The lowest BCUT2D eigenvalue weighted by Gasteiger charge is -2.08. The van der Waals surface area contributed by atoms with E-state index in [-0.39, 0.29) is 18.5 Å². The molecule has 9 heteroatoms. The lowest BCUT2D eigenvalue weighted by atomic mass is 10.2. The Hall–Kier alpha value is -3.33. The summed E-state index contributed by atoms with van der Waals surface area (Å²) in [5.41, 5.74) is 1.56.